The molecular weight excluding hydrogens is 250 g/mol. The quantitative estimate of drug-likeness (QED) is 0.844. The number of rotatable bonds is 6. The van der Waals surface area contributed by atoms with Crippen LogP contribution in [0.5, 0.6) is 5.75 Å². The second-order valence-electron chi connectivity index (χ2n) is 3.90. The zero-order chi connectivity index (χ0) is 12.8. The smallest absolute Gasteiger partial charge is 0.193 e. The number of hydrogen-bond acceptors (Lipinski definition) is 3. The van der Waals surface area contributed by atoms with Crippen LogP contribution in [-0.4, -0.2) is 6.61 Å². The molecule has 1 N–H and O–H groups in total. The van der Waals surface area contributed by atoms with Gasteiger partial charge in [-0.1, -0.05) is 19.1 Å². The molecule has 4 heteroatoms. The van der Waals surface area contributed by atoms with Gasteiger partial charge in [-0.3, -0.25) is 0 Å². The van der Waals surface area contributed by atoms with E-state index in [0.29, 0.717) is 18.4 Å². The van der Waals surface area contributed by atoms with Crippen molar-refractivity contribution in [2.24, 2.45) is 0 Å². The van der Waals surface area contributed by atoms with Crippen molar-refractivity contribution in [1.82, 2.24) is 0 Å². The number of benzene rings is 1. The Morgan fingerprint density at radius 1 is 1.22 bits per heavy atom. The van der Waals surface area contributed by atoms with Gasteiger partial charge in [0.2, 0.25) is 0 Å². The number of para-hydroxylation sites is 2. The molecule has 1 aromatic carbocycles. The van der Waals surface area contributed by atoms with Gasteiger partial charge in [-0.05, 0) is 42.3 Å². The molecule has 0 amide bonds. The Labute approximate surface area is 112 Å². The number of ether oxygens (including phenoxy) is 1. The molecule has 0 unspecified atom stereocenters. The molecule has 0 atom stereocenters. The monoisotopic (exact) mass is 265 g/mol. The van der Waals surface area contributed by atoms with Gasteiger partial charge in [-0.2, -0.15) is 0 Å². The largest absolute Gasteiger partial charge is 0.491 e. The van der Waals surface area contributed by atoms with Crippen molar-refractivity contribution in [3.63, 3.8) is 0 Å². The van der Waals surface area contributed by atoms with Gasteiger partial charge >= 0.3 is 0 Å². The van der Waals surface area contributed by atoms with E-state index in [1.54, 1.807) is 6.07 Å². The van der Waals surface area contributed by atoms with Gasteiger partial charge in [-0.15, -0.1) is 0 Å². The van der Waals surface area contributed by atoms with Crippen LogP contribution in [0.2, 0.25) is 5.22 Å². The van der Waals surface area contributed by atoms with Gasteiger partial charge in [-0.25, -0.2) is 0 Å². The van der Waals surface area contributed by atoms with Crippen LogP contribution in [-0.2, 0) is 6.54 Å². The first-order valence-electron chi connectivity index (χ1n) is 5.99. The van der Waals surface area contributed by atoms with E-state index in [1.807, 2.05) is 30.3 Å². The molecule has 96 valence electrons. The highest BCUT2D eigenvalue weighted by Gasteiger charge is 2.04. The Morgan fingerprint density at radius 2 is 2.06 bits per heavy atom. The van der Waals surface area contributed by atoms with Crippen molar-refractivity contribution in [3.8, 4) is 5.75 Å². The lowest BCUT2D eigenvalue weighted by atomic mass is 10.3. The summed E-state index contributed by atoms with van der Waals surface area (Å²) in [7, 11) is 0. The Hall–Kier alpha value is -1.61. The lowest BCUT2D eigenvalue weighted by Crippen LogP contribution is -2.02. The standard InChI is InChI=1S/C14H16ClNO2/c1-2-9-17-13-6-4-3-5-12(13)16-10-11-7-8-14(15)18-11/h3-8,16H,2,9-10H2,1H3. The summed E-state index contributed by atoms with van der Waals surface area (Å²) < 4.78 is 10.9. The molecule has 0 aliphatic heterocycles. The van der Waals surface area contributed by atoms with Gasteiger partial charge in [0.05, 0.1) is 18.8 Å². The fraction of sp³-hybridized carbons (Fsp3) is 0.286. The molecule has 0 bridgehead atoms. The number of halogens is 1. The lowest BCUT2D eigenvalue weighted by Gasteiger charge is -2.11. The molecule has 0 aliphatic carbocycles. The molecule has 0 aliphatic rings. The van der Waals surface area contributed by atoms with Crippen LogP contribution in [0.3, 0.4) is 0 Å². The zero-order valence-corrected chi connectivity index (χ0v) is 11.0. The van der Waals surface area contributed by atoms with Crippen LogP contribution < -0.4 is 10.1 Å². The summed E-state index contributed by atoms with van der Waals surface area (Å²) in [5.41, 5.74) is 0.957. The number of anilines is 1. The average molecular weight is 266 g/mol. The predicted molar refractivity (Wildman–Crippen MR) is 73.3 cm³/mol. The molecule has 0 radical (unpaired) electrons. The van der Waals surface area contributed by atoms with Crippen LogP contribution in [0.1, 0.15) is 19.1 Å². The summed E-state index contributed by atoms with van der Waals surface area (Å²) >= 11 is 5.72. The first-order chi connectivity index (χ1) is 8.79. The summed E-state index contributed by atoms with van der Waals surface area (Å²) in [5, 5.41) is 3.68. The summed E-state index contributed by atoms with van der Waals surface area (Å²) in [4.78, 5) is 0. The summed E-state index contributed by atoms with van der Waals surface area (Å²) in [6.07, 6.45) is 0.988. The molecule has 0 fully saturated rings. The van der Waals surface area contributed by atoms with Gasteiger partial charge in [0.1, 0.15) is 11.5 Å². The van der Waals surface area contributed by atoms with Crippen LogP contribution in [0, 0.1) is 0 Å². The van der Waals surface area contributed by atoms with Crippen LogP contribution >= 0.6 is 11.6 Å². The van der Waals surface area contributed by atoms with E-state index in [9.17, 15) is 0 Å². The number of nitrogens with one attached hydrogen (secondary N) is 1. The maximum Gasteiger partial charge on any atom is 0.193 e. The van der Waals surface area contributed by atoms with Crippen molar-refractivity contribution < 1.29 is 9.15 Å². The minimum Gasteiger partial charge on any atom is -0.491 e. The van der Waals surface area contributed by atoms with Crippen molar-refractivity contribution >= 4 is 17.3 Å². The summed E-state index contributed by atoms with van der Waals surface area (Å²) in [6.45, 7) is 3.38. The molecule has 0 spiro atoms. The topological polar surface area (TPSA) is 34.4 Å². The molecule has 0 saturated carbocycles. The Bertz CT molecular complexity index is 496. The van der Waals surface area contributed by atoms with Gasteiger partial charge in [0.15, 0.2) is 5.22 Å². The van der Waals surface area contributed by atoms with E-state index < -0.39 is 0 Å². The second-order valence-corrected chi connectivity index (χ2v) is 4.28. The van der Waals surface area contributed by atoms with Crippen molar-refractivity contribution in [3.05, 3.63) is 47.4 Å². The maximum atomic E-state index is 5.72. The van der Waals surface area contributed by atoms with Gasteiger partial charge < -0.3 is 14.5 Å². The van der Waals surface area contributed by atoms with E-state index in [2.05, 4.69) is 12.2 Å². The molecule has 0 saturated heterocycles. The zero-order valence-electron chi connectivity index (χ0n) is 10.3. The highest BCUT2D eigenvalue weighted by atomic mass is 35.5. The third kappa shape index (κ3) is 3.44. The Kier molecular flexibility index (Phi) is 4.53. The SMILES string of the molecule is CCCOc1ccccc1NCc1ccc(Cl)o1. The Balaban J connectivity index is 1.99. The average Bonchev–Trinajstić information content (AvgIpc) is 2.81. The van der Waals surface area contributed by atoms with E-state index in [0.717, 1.165) is 23.6 Å². The van der Waals surface area contributed by atoms with E-state index in [-0.39, 0.29) is 0 Å². The molecule has 1 aromatic heterocycles. The molecule has 2 aromatic rings. The third-order valence-corrected chi connectivity index (χ3v) is 2.63. The molecular formula is C14H16ClNO2. The molecule has 3 nitrogen and oxygen atoms in total. The normalized spacial score (nSPS) is 10.3. The fourth-order valence-corrected chi connectivity index (χ4v) is 1.74. The predicted octanol–water partition coefficient (Wildman–Crippen LogP) is 4.33. The number of furan rings is 1. The van der Waals surface area contributed by atoms with Crippen LogP contribution in [0.15, 0.2) is 40.8 Å². The minimum atomic E-state index is 0.405. The third-order valence-electron chi connectivity index (χ3n) is 2.43. The number of hydrogen-bond donors (Lipinski definition) is 1. The van der Waals surface area contributed by atoms with E-state index in [1.165, 1.54) is 0 Å². The van der Waals surface area contributed by atoms with Gasteiger partial charge in [0, 0.05) is 0 Å². The highest BCUT2D eigenvalue weighted by molar-refractivity contribution is 6.28. The Morgan fingerprint density at radius 3 is 2.78 bits per heavy atom. The van der Waals surface area contributed by atoms with E-state index in [4.69, 9.17) is 20.8 Å². The first kappa shape index (κ1) is 12.8. The van der Waals surface area contributed by atoms with Crippen molar-refractivity contribution in [2.75, 3.05) is 11.9 Å². The maximum absolute atomic E-state index is 5.72. The molecule has 18 heavy (non-hydrogen) atoms. The highest BCUT2D eigenvalue weighted by Crippen LogP contribution is 2.25. The minimum absolute atomic E-state index is 0.405. The summed E-state index contributed by atoms with van der Waals surface area (Å²) in [6, 6.07) is 11.4. The van der Waals surface area contributed by atoms with Crippen molar-refractivity contribution in [1.29, 1.82) is 0 Å². The fourth-order valence-electron chi connectivity index (χ4n) is 1.58. The second kappa shape index (κ2) is 6.36. The van der Waals surface area contributed by atoms with Crippen molar-refractivity contribution in [2.45, 2.75) is 19.9 Å². The molecule has 1 heterocycles. The van der Waals surface area contributed by atoms with Crippen LogP contribution in [0.4, 0.5) is 5.69 Å². The molecule has 2 rings (SSSR count). The summed E-state index contributed by atoms with van der Waals surface area (Å²) in [5.74, 6) is 1.65. The van der Waals surface area contributed by atoms with Crippen LogP contribution in [0.25, 0.3) is 0 Å². The van der Waals surface area contributed by atoms with E-state index >= 15 is 0 Å². The lowest BCUT2D eigenvalue weighted by molar-refractivity contribution is 0.318. The van der Waals surface area contributed by atoms with Gasteiger partial charge in [0.25, 0.3) is 0 Å². The first-order valence-corrected chi connectivity index (χ1v) is 6.37.